The average Bonchev–Trinajstić information content (AvgIpc) is 3.23. The van der Waals surface area contributed by atoms with Gasteiger partial charge in [-0.05, 0) is 42.8 Å². The van der Waals surface area contributed by atoms with Crippen LogP contribution in [0.5, 0.6) is 0 Å². The number of fused-ring (bicyclic) bond motifs is 1. The molecule has 0 bridgehead atoms. The standard InChI is InChI=1S/C20H15F2N3OS/c21-13-5-7-14(8-6-13)23-19(26)10-9-15-12-27-20-24-18(11-25(15)20)16-3-1-2-4-17(16)22/h1-8,11-12H,9-10H2,(H,23,26). The lowest BCUT2D eigenvalue weighted by molar-refractivity contribution is -0.116. The molecule has 0 saturated heterocycles. The summed E-state index contributed by atoms with van der Waals surface area (Å²) in [5.74, 6) is -0.821. The van der Waals surface area contributed by atoms with E-state index in [1.54, 1.807) is 24.4 Å². The van der Waals surface area contributed by atoms with Crippen molar-refractivity contribution < 1.29 is 13.6 Å². The second-order valence-electron chi connectivity index (χ2n) is 6.04. The van der Waals surface area contributed by atoms with Crippen LogP contribution in [0.4, 0.5) is 14.5 Å². The summed E-state index contributed by atoms with van der Waals surface area (Å²) in [6, 6.07) is 12.1. The average molecular weight is 383 g/mol. The molecule has 0 spiro atoms. The van der Waals surface area contributed by atoms with E-state index >= 15 is 0 Å². The van der Waals surface area contributed by atoms with Gasteiger partial charge in [0.15, 0.2) is 4.96 Å². The molecule has 1 N–H and O–H groups in total. The van der Waals surface area contributed by atoms with Gasteiger partial charge in [0.25, 0.3) is 0 Å². The third-order valence-corrected chi connectivity index (χ3v) is 5.06. The first-order chi connectivity index (χ1) is 13.1. The Bertz CT molecular complexity index is 1100. The molecular formula is C20H15F2N3OS. The van der Waals surface area contributed by atoms with E-state index < -0.39 is 0 Å². The maximum atomic E-state index is 14.0. The van der Waals surface area contributed by atoms with Gasteiger partial charge in [0.05, 0.1) is 5.69 Å². The number of aryl methyl sites for hydroxylation is 1. The van der Waals surface area contributed by atoms with Crippen LogP contribution in [0.3, 0.4) is 0 Å². The molecule has 0 aliphatic rings. The van der Waals surface area contributed by atoms with Gasteiger partial charge in [-0.2, -0.15) is 0 Å². The van der Waals surface area contributed by atoms with Gasteiger partial charge in [-0.1, -0.05) is 12.1 Å². The van der Waals surface area contributed by atoms with Crippen molar-refractivity contribution in [3.8, 4) is 11.3 Å². The highest BCUT2D eigenvalue weighted by atomic mass is 32.1. The summed E-state index contributed by atoms with van der Waals surface area (Å²) in [6.07, 6.45) is 2.58. The van der Waals surface area contributed by atoms with Crippen molar-refractivity contribution in [3.63, 3.8) is 0 Å². The summed E-state index contributed by atoms with van der Waals surface area (Å²) in [5, 5.41) is 4.68. The summed E-state index contributed by atoms with van der Waals surface area (Å²) < 4.78 is 28.8. The van der Waals surface area contributed by atoms with Gasteiger partial charge in [0, 0.05) is 34.9 Å². The Kier molecular flexibility index (Phi) is 4.68. The fourth-order valence-corrected chi connectivity index (χ4v) is 3.71. The third kappa shape index (κ3) is 3.73. The maximum absolute atomic E-state index is 14.0. The van der Waals surface area contributed by atoms with Gasteiger partial charge in [-0.3, -0.25) is 9.20 Å². The molecule has 4 nitrogen and oxygen atoms in total. The zero-order chi connectivity index (χ0) is 18.8. The van der Waals surface area contributed by atoms with Gasteiger partial charge < -0.3 is 5.32 Å². The Morgan fingerprint density at radius 2 is 1.89 bits per heavy atom. The van der Waals surface area contributed by atoms with Gasteiger partial charge in [0.2, 0.25) is 5.91 Å². The van der Waals surface area contributed by atoms with E-state index in [9.17, 15) is 13.6 Å². The minimum absolute atomic E-state index is 0.157. The Balaban J connectivity index is 1.47. The van der Waals surface area contributed by atoms with Gasteiger partial charge in [-0.15, -0.1) is 11.3 Å². The largest absolute Gasteiger partial charge is 0.326 e. The van der Waals surface area contributed by atoms with Crippen LogP contribution in [0.15, 0.2) is 60.1 Å². The second-order valence-corrected chi connectivity index (χ2v) is 6.88. The Labute approximate surface area is 158 Å². The number of amides is 1. The molecule has 7 heteroatoms. The number of rotatable bonds is 5. The second kappa shape index (κ2) is 7.28. The summed E-state index contributed by atoms with van der Waals surface area (Å²) in [7, 11) is 0. The van der Waals surface area contributed by atoms with E-state index in [0.29, 0.717) is 23.4 Å². The SMILES string of the molecule is O=C(CCc1csc2nc(-c3ccccc3F)cn12)Nc1ccc(F)cc1. The molecule has 0 fully saturated rings. The van der Waals surface area contributed by atoms with Crippen molar-refractivity contribution in [2.45, 2.75) is 12.8 Å². The maximum Gasteiger partial charge on any atom is 0.224 e. The van der Waals surface area contributed by atoms with Crippen molar-refractivity contribution in [3.05, 3.63) is 77.4 Å². The molecule has 2 aromatic carbocycles. The van der Waals surface area contributed by atoms with Gasteiger partial charge in [-0.25, -0.2) is 13.8 Å². The van der Waals surface area contributed by atoms with E-state index in [1.165, 1.54) is 41.7 Å². The topological polar surface area (TPSA) is 46.4 Å². The smallest absolute Gasteiger partial charge is 0.224 e. The molecule has 27 heavy (non-hydrogen) atoms. The molecule has 0 aliphatic heterocycles. The van der Waals surface area contributed by atoms with Crippen LogP contribution in [0.25, 0.3) is 16.2 Å². The highest BCUT2D eigenvalue weighted by molar-refractivity contribution is 7.15. The lowest BCUT2D eigenvalue weighted by Gasteiger charge is -2.05. The Morgan fingerprint density at radius 1 is 1.11 bits per heavy atom. The third-order valence-electron chi connectivity index (χ3n) is 4.17. The highest BCUT2D eigenvalue weighted by Gasteiger charge is 2.13. The first-order valence-electron chi connectivity index (χ1n) is 8.36. The quantitative estimate of drug-likeness (QED) is 0.532. The van der Waals surface area contributed by atoms with Crippen LogP contribution < -0.4 is 5.32 Å². The Morgan fingerprint density at radius 3 is 2.67 bits per heavy atom. The lowest BCUT2D eigenvalue weighted by Crippen LogP contribution is -2.12. The number of imidazole rings is 1. The molecule has 0 radical (unpaired) electrons. The molecule has 0 saturated carbocycles. The number of halogens is 2. The van der Waals surface area contributed by atoms with Gasteiger partial charge >= 0.3 is 0 Å². The van der Waals surface area contributed by atoms with Gasteiger partial charge in [0.1, 0.15) is 11.6 Å². The zero-order valence-corrected chi connectivity index (χ0v) is 15.0. The number of hydrogen-bond donors (Lipinski definition) is 1. The molecule has 1 amide bonds. The van der Waals surface area contributed by atoms with Crippen LogP contribution in [0, 0.1) is 11.6 Å². The van der Waals surface area contributed by atoms with Crippen molar-refractivity contribution in [2.24, 2.45) is 0 Å². The summed E-state index contributed by atoms with van der Waals surface area (Å²) in [5.41, 5.74) is 2.51. The predicted octanol–water partition coefficient (Wildman–Crippen LogP) is 4.91. The molecule has 136 valence electrons. The number of carbonyl (C=O) groups is 1. The van der Waals surface area contributed by atoms with Crippen LogP contribution in [0.2, 0.25) is 0 Å². The number of nitrogens with one attached hydrogen (secondary N) is 1. The molecule has 0 atom stereocenters. The number of hydrogen-bond acceptors (Lipinski definition) is 3. The molecule has 2 aromatic heterocycles. The molecule has 4 rings (SSSR count). The van der Waals surface area contributed by atoms with Crippen molar-refractivity contribution in [1.82, 2.24) is 9.38 Å². The lowest BCUT2D eigenvalue weighted by atomic mass is 10.1. The van der Waals surface area contributed by atoms with Crippen LogP contribution in [0.1, 0.15) is 12.1 Å². The van der Waals surface area contributed by atoms with E-state index in [-0.39, 0.29) is 24.0 Å². The fraction of sp³-hybridized carbons (Fsp3) is 0.100. The highest BCUT2D eigenvalue weighted by Crippen LogP contribution is 2.26. The van der Waals surface area contributed by atoms with Crippen molar-refractivity contribution >= 4 is 27.9 Å². The van der Waals surface area contributed by atoms with E-state index in [2.05, 4.69) is 10.3 Å². The first-order valence-corrected chi connectivity index (χ1v) is 9.24. The summed E-state index contributed by atoms with van der Waals surface area (Å²) in [4.78, 5) is 17.3. The van der Waals surface area contributed by atoms with E-state index in [1.807, 2.05) is 9.78 Å². The minimum Gasteiger partial charge on any atom is -0.326 e. The minimum atomic E-state index is -0.348. The number of thiazole rings is 1. The molecule has 2 heterocycles. The number of carbonyl (C=O) groups excluding carboxylic acids is 1. The first kappa shape index (κ1) is 17.4. The molecular weight excluding hydrogens is 368 g/mol. The van der Waals surface area contributed by atoms with Crippen LogP contribution >= 0.6 is 11.3 Å². The number of anilines is 1. The summed E-state index contributed by atoms with van der Waals surface area (Å²) >= 11 is 1.45. The number of aromatic nitrogens is 2. The van der Waals surface area contributed by atoms with Crippen LogP contribution in [-0.2, 0) is 11.2 Å². The van der Waals surface area contributed by atoms with Crippen molar-refractivity contribution in [1.29, 1.82) is 0 Å². The predicted molar refractivity (Wildman–Crippen MR) is 102 cm³/mol. The molecule has 0 unspecified atom stereocenters. The normalized spacial score (nSPS) is 11.0. The monoisotopic (exact) mass is 383 g/mol. The molecule has 4 aromatic rings. The molecule has 0 aliphatic carbocycles. The zero-order valence-electron chi connectivity index (χ0n) is 14.2. The van der Waals surface area contributed by atoms with E-state index in [0.717, 1.165) is 10.7 Å². The Hall–Kier alpha value is -3.06. The number of nitrogens with zero attached hydrogens (tertiary/aromatic N) is 2. The summed E-state index contributed by atoms with van der Waals surface area (Å²) in [6.45, 7) is 0. The van der Waals surface area contributed by atoms with Crippen molar-refractivity contribution in [2.75, 3.05) is 5.32 Å². The fourth-order valence-electron chi connectivity index (χ4n) is 2.81. The number of benzene rings is 2. The van der Waals surface area contributed by atoms with E-state index in [4.69, 9.17) is 0 Å². The van der Waals surface area contributed by atoms with Crippen LogP contribution in [-0.4, -0.2) is 15.3 Å².